The molecular weight excluding hydrogens is 301 g/mol. The fourth-order valence-electron chi connectivity index (χ4n) is 2.30. The normalized spacial score (nSPS) is 10.1. The van der Waals surface area contributed by atoms with Crippen LogP contribution in [0.25, 0.3) is 10.8 Å². The third-order valence-corrected chi connectivity index (χ3v) is 3.44. The minimum absolute atomic E-state index is 0. The molecule has 23 heavy (non-hydrogen) atoms. The summed E-state index contributed by atoms with van der Waals surface area (Å²) in [6, 6.07) is 17.3. The molecule has 0 fully saturated rings. The molecule has 0 amide bonds. The van der Waals surface area contributed by atoms with E-state index in [2.05, 4.69) is 17.1 Å². The van der Waals surface area contributed by atoms with Gasteiger partial charge in [-0.2, -0.15) is 0 Å². The van der Waals surface area contributed by atoms with E-state index in [1.54, 1.807) is 12.3 Å². The molecule has 0 atom stereocenters. The number of carboxylic acids is 1. The Kier molecular flexibility index (Phi) is 6.16. The van der Waals surface area contributed by atoms with Crippen LogP contribution < -0.4 is 4.74 Å². The Bertz CT molecular complexity index is 797. The van der Waals surface area contributed by atoms with Gasteiger partial charge in [-0.05, 0) is 23.1 Å². The number of aromatic carboxylic acids is 1. The van der Waals surface area contributed by atoms with Crippen LogP contribution in [0.5, 0.6) is 5.75 Å². The average molecular weight is 317 g/mol. The molecule has 112 valence electrons. The predicted molar refractivity (Wildman–Crippen MR) is 91.5 cm³/mol. The van der Waals surface area contributed by atoms with Crippen LogP contribution in [0.3, 0.4) is 0 Å². The Hall–Kier alpha value is -1.88. The summed E-state index contributed by atoms with van der Waals surface area (Å²) in [7, 11) is 0. The number of benzene rings is 2. The van der Waals surface area contributed by atoms with Gasteiger partial charge in [-0.3, -0.25) is 0 Å². The van der Waals surface area contributed by atoms with Gasteiger partial charge in [-0.25, -0.2) is 9.78 Å². The van der Waals surface area contributed by atoms with E-state index in [1.807, 2.05) is 30.3 Å². The van der Waals surface area contributed by atoms with Crippen LogP contribution in [-0.4, -0.2) is 52.2 Å². The van der Waals surface area contributed by atoms with E-state index in [1.165, 1.54) is 6.07 Å². The Morgan fingerprint density at radius 3 is 2.57 bits per heavy atom. The fourth-order valence-corrected chi connectivity index (χ4v) is 2.30. The van der Waals surface area contributed by atoms with Crippen molar-refractivity contribution >= 4 is 46.3 Å². The van der Waals surface area contributed by atoms with E-state index in [-0.39, 0.29) is 35.3 Å². The van der Waals surface area contributed by atoms with Crippen molar-refractivity contribution in [2.24, 2.45) is 0 Å². The number of nitrogens with zero attached hydrogens (tertiary/aromatic N) is 1. The van der Waals surface area contributed by atoms with Crippen LogP contribution in [-0.2, 0) is 6.42 Å². The molecule has 0 unspecified atom stereocenters. The van der Waals surface area contributed by atoms with Crippen molar-refractivity contribution in [2.45, 2.75) is 6.42 Å². The van der Waals surface area contributed by atoms with Crippen LogP contribution in [0.1, 0.15) is 16.1 Å². The molecule has 1 heterocycles. The van der Waals surface area contributed by atoms with Gasteiger partial charge in [0.05, 0.1) is 6.61 Å². The van der Waals surface area contributed by atoms with Crippen molar-refractivity contribution in [2.75, 3.05) is 6.61 Å². The first-order valence-corrected chi connectivity index (χ1v) is 7.03. The Balaban J connectivity index is 0.00000192. The Morgan fingerprint density at radius 2 is 1.83 bits per heavy atom. The standard InChI is InChI=1S/C18H15NO3.Na.H/c20-18(21)16-9-8-13(12-19-16)10-11-22-17-7-3-5-14-4-1-2-6-15(14)17;;/h1-9,12H,10-11H2,(H,20,21);;. The molecule has 2 aromatic carbocycles. The van der Waals surface area contributed by atoms with Gasteiger partial charge in [0.1, 0.15) is 11.4 Å². The second-order valence-electron chi connectivity index (χ2n) is 4.93. The summed E-state index contributed by atoms with van der Waals surface area (Å²) >= 11 is 0. The molecule has 3 aromatic rings. The number of rotatable bonds is 5. The predicted octanol–water partition coefficient (Wildman–Crippen LogP) is 2.91. The second-order valence-corrected chi connectivity index (χ2v) is 4.93. The molecule has 0 aliphatic rings. The zero-order valence-electron chi connectivity index (χ0n) is 11.9. The molecule has 0 saturated heterocycles. The van der Waals surface area contributed by atoms with Gasteiger partial charge >= 0.3 is 35.5 Å². The molecule has 0 aliphatic carbocycles. The number of ether oxygens (including phenoxy) is 1. The van der Waals surface area contributed by atoms with Crippen molar-refractivity contribution < 1.29 is 14.6 Å². The minimum atomic E-state index is -1.02. The van der Waals surface area contributed by atoms with Gasteiger partial charge in [0, 0.05) is 18.0 Å². The van der Waals surface area contributed by atoms with E-state index in [9.17, 15) is 4.79 Å². The summed E-state index contributed by atoms with van der Waals surface area (Å²) in [5.74, 6) is -0.160. The van der Waals surface area contributed by atoms with Crippen molar-refractivity contribution in [3.05, 3.63) is 72.1 Å². The summed E-state index contributed by atoms with van der Waals surface area (Å²) in [5, 5.41) is 11.0. The average Bonchev–Trinajstić information content (AvgIpc) is 2.55. The summed E-state index contributed by atoms with van der Waals surface area (Å²) in [5.41, 5.74) is 1.00. The molecule has 1 aromatic heterocycles. The van der Waals surface area contributed by atoms with Crippen LogP contribution in [0.15, 0.2) is 60.8 Å². The van der Waals surface area contributed by atoms with Crippen molar-refractivity contribution in [1.29, 1.82) is 0 Å². The quantitative estimate of drug-likeness (QED) is 0.735. The number of pyridine rings is 1. The van der Waals surface area contributed by atoms with Gasteiger partial charge in [-0.1, -0.05) is 42.5 Å². The summed E-state index contributed by atoms with van der Waals surface area (Å²) in [6.07, 6.45) is 2.26. The molecule has 0 aliphatic heterocycles. The molecule has 1 N–H and O–H groups in total. The van der Waals surface area contributed by atoms with Gasteiger partial charge in [0.2, 0.25) is 0 Å². The van der Waals surface area contributed by atoms with Crippen LogP contribution >= 0.6 is 0 Å². The van der Waals surface area contributed by atoms with Crippen molar-refractivity contribution in [3.63, 3.8) is 0 Å². The number of carboxylic acid groups (broad SMARTS) is 1. The monoisotopic (exact) mass is 317 g/mol. The third-order valence-electron chi connectivity index (χ3n) is 3.44. The van der Waals surface area contributed by atoms with Crippen LogP contribution in [0.4, 0.5) is 0 Å². The van der Waals surface area contributed by atoms with Gasteiger partial charge in [-0.15, -0.1) is 0 Å². The summed E-state index contributed by atoms with van der Waals surface area (Å²) in [4.78, 5) is 14.6. The third kappa shape index (κ3) is 4.32. The SMILES string of the molecule is O=C(O)c1ccc(CCOc2cccc3ccccc23)cn1.[NaH]. The Morgan fingerprint density at radius 1 is 1.04 bits per heavy atom. The number of fused-ring (bicyclic) bond motifs is 1. The summed E-state index contributed by atoms with van der Waals surface area (Å²) < 4.78 is 5.86. The second kappa shape index (κ2) is 8.11. The number of carbonyl (C=O) groups is 1. The van der Waals surface area contributed by atoms with Crippen molar-refractivity contribution in [3.8, 4) is 5.75 Å². The first-order valence-electron chi connectivity index (χ1n) is 7.03. The van der Waals surface area contributed by atoms with E-state index >= 15 is 0 Å². The van der Waals surface area contributed by atoms with Crippen LogP contribution in [0.2, 0.25) is 0 Å². The molecular formula is C18H16NNaO3. The molecule has 0 spiro atoms. The molecule has 4 nitrogen and oxygen atoms in total. The van der Waals surface area contributed by atoms with Gasteiger partial charge in [0.15, 0.2) is 0 Å². The zero-order valence-corrected chi connectivity index (χ0v) is 11.9. The van der Waals surface area contributed by atoms with E-state index in [4.69, 9.17) is 9.84 Å². The van der Waals surface area contributed by atoms with E-state index < -0.39 is 5.97 Å². The zero-order chi connectivity index (χ0) is 15.4. The Labute approximate surface area is 156 Å². The summed E-state index contributed by atoms with van der Waals surface area (Å²) in [6.45, 7) is 0.516. The number of hydrogen-bond acceptors (Lipinski definition) is 3. The number of aromatic nitrogens is 1. The molecule has 3 rings (SSSR count). The van der Waals surface area contributed by atoms with Crippen molar-refractivity contribution in [1.82, 2.24) is 4.98 Å². The maximum absolute atomic E-state index is 10.7. The molecule has 0 bridgehead atoms. The first kappa shape index (κ1) is 17.5. The maximum atomic E-state index is 10.7. The van der Waals surface area contributed by atoms with Crippen LogP contribution in [0, 0.1) is 0 Å². The van der Waals surface area contributed by atoms with Gasteiger partial charge < -0.3 is 9.84 Å². The molecule has 5 heteroatoms. The van der Waals surface area contributed by atoms with E-state index in [0.717, 1.165) is 22.1 Å². The topological polar surface area (TPSA) is 59.4 Å². The fraction of sp³-hybridized carbons (Fsp3) is 0.111. The molecule has 0 saturated carbocycles. The number of hydrogen-bond donors (Lipinski definition) is 1. The van der Waals surface area contributed by atoms with Gasteiger partial charge in [0.25, 0.3) is 0 Å². The first-order chi connectivity index (χ1) is 10.7. The molecule has 0 radical (unpaired) electrons. The van der Waals surface area contributed by atoms with E-state index in [0.29, 0.717) is 13.0 Å².